The summed E-state index contributed by atoms with van der Waals surface area (Å²) in [6, 6.07) is 48.9. The van der Waals surface area contributed by atoms with Crippen LogP contribution in [0, 0.1) is 0 Å². The summed E-state index contributed by atoms with van der Waals surface area (Å²) < 4.78 is 12.8. The van der Waals surface area contributed by atoms with Crippen molar-refractivity contribution in [3.05, 3.63) is 146 Å². The molecule has 0 aliphatic carbocycles. The van der Waals surface area contributed by atoms with E-state index in [1.807, 2.05) is 84.9 Å². The lowest BCUT2D eigenvalue weighted by atomic mass is 9.96. The van der Waals surface area contributed by atoms with E-state index in [1.54, 1.807) is 0 Å². The third-order valence-corrected chi connectivity index (χ3v) is 8.95. The van der Waals surface area contributed by atoms with Crippen LogP contribution < -0.4 is 0 Å². The van der Waals surface area contributed by atoms with Gasteiger partial charge in [0.1, 0.15) is 16.7 Å². The molecule has 0 saturated heterocycles. The molecule has 224 valence electrons. The zero-order valence-corrected chi connectivity index (χ0v) is 25.5. The highest BCUT2D eigenvalue weighted by Crippen LogP contribution is 2.43. The zero-order valence-electron chi connectivity index (χ0n) is 25.5. The fraction of sp³-hybridized carbons (Fsp3) is 0. The van der Waals surface area contributed by atoms with Gasteiger partial charge in [0.15, 0.2) is 23.1 Å². The van der Waals surface area contributed by atoms with Crippen molar-refractivity contribution in [3.63, 3.8) is 0 Å². The summed E-state index contributed by atoms with van der Waals surface area (Å²) >= 11 is 0. The largest absolute Gasteiger partial charge is 0.456 e. The molecule has 0 aliphatic rings. The first-order valence-corrected chi connectivity index (χ1v) is 15.8. The van der Waals surface area contributed by atoms with E-state index in [2.05, 4.69) is 60.7 Å². The Kier molecular flexibility index (Phi) is 5.77. The molecule has 48 heavy (non-hydrogen) atoms. The Hall–Kier alpha value is -6.66. The number of fused-ring (bicyclic) bond motifs is 7. The minimum absolute atomic E-state index is 0.492. The van der Waals surface area contributed by atoms with Crippen molar-refractivity contribution in [2.45, 2.75) is 0 Å². The van der Waals surface area contributed by atoms with Crippen LogP contribution in [-0.2, 0) is 0 Å². The molecule has 0 amide bonds. The molecule has 0 fully saturated rings. The van der Waals surface area contributed by atoms with Gasteiger partial charge in [0.05, 0.1) is 5.56 Å². The van der Waals surface area contributed by atoms with Crippen LogP contribution in [0.2, 0.25) is 0 Å². The molecule has 0 radical (unpaired) electrons. The average Bonchev–Trinajstić information content (AvgIpc) is 3.75. The fourth-order valence-corrected chi connectivity index (χ4v) is 6.76. The van der Waals surface area contributed by atoms with Crippen molar-refractivity contribution in [1.82, 2.24) is 19.9 Å². The molecule has 6 heteroatoms. The van der Waals surface area contributed by atoms with Gasteiger partial charge in [0.25, 0.3) is 0 Å². The Bertz CT molecular complexity index is 2840. The number of rotatable bonds is 4. The van der Waals surface area contributed by atoms with Crippen LogP contribution in [0.25, 0.3) is 100 Å². The van der Waals surface area contributed by atoms with Gasteiger partial charge in [-0.1, -0.05) is 115 Å². The lowest BCUT2D eigenvalue weighted by Crippen LogP contribution is -2.01. The van der Waals surface area contributed by atoms with Gasteiger partial charge in [0.2, 0.25) is 5.89 Å². The summed E-state index contributed by atoms with van der Waals surface area (Å²) in [7, 11) is 0. The van der Waals surface area contributed by atoms with E-state index in [0.29, 0.717) is 40.0 Å². The van der Waals surface area contributed by atoms with Crippen LogP contribution in [0.15, 0.2) is 154 Å². The van der Waals surface area contributed by atoms with Crippen LogP contribution in [0.5, 0.6) is 0 Å². The van der Waals surface area contributed by atoms with E-state index in [0.717, 1.165) is 54.8 Å². The average molecular weight is 617 g/mol. The lowest BCUT2D eigenvalue weighted by molar-refractivity contribution is 0.617. The van der Waals surface area contributed by atoms with Gasteiger partial charge in [-0.25, -0.2) is 19.9 Å². The number of furan rings is 1. The molecule has 6 nitrogen and oxygen atoms in total. The van der Waals surface area contributed by atoms with Gasteiger partial charge in [-0.2, -0.15) is 0 Å². The smallest absolute Gasteiger partial charge is 0.227 e. The van der Waals surface area contributed by atoms with Crippen molar-refractivity contribution in [1.29, 1.82) is 0 Å². The number of hydrogen-bond acceptors (Lipinski definition) is 6. The second-order valence-corrected chi connectivity index (χ2v) is 11.8. The highest BCUT2D eigenvalue weighted by atomic mass is 16.4. The summed E-state index contributed by atoms with van der Waals surface area (Å²) in [6.45, 7) is 0. The Morgan fingerprint density at radius 1 is 0.396 bits per heavy atom. The summed E-state index contributed by atoms with van der Waals surface area (Å²) in [5, 5.41) is 6.34. The van der Waals surface area contributed by atoms with Crippen LogP contribution in [0.1, 0.15) is 0 Å². The molecule has 10 aromatic rings. The first-order valence-electron chi connectivity index (χ1n) is 15.8. The predicted octanol–water partition coefficient (Wildman–Crippen LogP) is 10.9. The van der Waals surface area contributed by atoms with E-state index < -0.39 is 0 Å². The topological polar surface area (TPSA) is 77.8 Å². The first-order chi connectivity index (χ1) is 23.8. The Balaban J connectivity index is 1.34. The minimum atomic E-state index is 0.492. The standard InChI is InChI=1S/C42H24N4O2/c1-3-13-25(14-4-1)39-44-40(32-23-27-17-7-8-18-28(27)29-19-9-10-20-30(29)32)46-41(45-39)37-36-31-21-11-12-22-33(31)47-34(36)24-35-38(37)43-42(48-35)26-15-5-2-6-16-26/h1-24H. The van der Waals surface area contributed by atoms with Crippen LogP contribution >= 0.6 is 0 Å². The molecule has 0 saturated carbocycles. The fourth-order valence-electron chi connectivity index (χ4n) is 6.76. The molecule has 0 aliphatic heterocycles. The predicted molar refractivity (Wildman–Crippen MR) is 191 cm³/mol. The summed E-state index contributed by atoms with van der Waals surface area (Å²) in [6.07, 6.45) is 0. The Morgan fingerprint density at radius 3 is 1.83 bits per heavy atom. The highest BCUT2D eigenvalue weighted by molar-refractivity contribution is 6.19. The zero-order chi connectivity index (χ0) is 31.6. The number of hydrogen-bond donors (Lipinski definition) is 0. The Labute approximate surface area is 274 Å². The van der Waals surface area contributed by atoms with Gasteiger partial charge < -0.3 is 8.83 Å². The lowest BCUT2D eigenvalue weighted by Gasteiger charge is -2.13. The maximum atomic E-state index is 6.41. The van der Waals surface area contributed by atoms with Crippen molar-refractivity contribution in [2.24, 2.45) is 0 Å². The van der Waals surface area contributed by atoms with Gasteiger partial charge in [-0.15, -0.1) is 0 Å². The van der Waals surface area contributed by atoms with Crippen LogP contribution in [-0.4, -0.2) is 19.9 Å². The summed E-state index contributed by atoms with van der Waals surface area (Å²) in [5.41, 5.74) is 6.13. The molecule has 0 N–H and O–H groups in total. The second-order valence-electron chi connectivity index (χ2n) is 11.8. The van der Waals surface area contributed by atoms with E-state index in [9.17, 15) is 0 Å². The molecule has 10 rings (SSSR count). The Morgan fingerprint density at radius 2 is 1.02 bits per heavy atom. The van der Waals surface area contributed by atoms with E-state index in [4.69, 9.17) is 28.8 Å². The van der Waals surface area contributed by atoms with E-state index >= 15 is 0 Å². The van der Waals surface area contributed by atoms with Crippen molar-refractivity contribution >= 4 is 54.6 Å². The maximum Gasteiger partial charge on any atom is 0.227 e. The first kappa shape index (κ1) is 26.5. The summed E-state index contributed by atoms with van der Waals surface area (Å²) in [4.78, 5) is 20.7. The van der Waals surface area contributed by atoms with E-state index in [1.165, 1.54) is 5.39 Å². The molecule has 3 aromatic heterocycles. The van der Waals surface area contributed by atoms with Gasteiger partial charge in [-0.05, 0) is 45.8 Å². The van der Waals surface area contributed by atoms with Crippen molar-refractivity contribution in [3.8, 4) is 45.6 Å². The maximum absolute atomic E-state index is 6.41. The number of oxazole rings is 1. The monoisotopic (exact) mass is 616 g/mol. The second kappa shape index (κ2) is 10.4. The number of benzene rings is 7. The molecule has 0 spiro atoms. The molecule has 3 heterocycles. The van der Waals surface area contributed by atoms with Crippen molar-refractivity contribution < 1.29 is 8.83 Å². The summed E-state index contributed by atoms with van der Waals surface area (Å²) in [5.74, 6) is 2.15. The third-order valence-electron chi connectivity index (χ3n) is 8.95. The minimum Gasteiger partial charge on any atom is -0.456 e. The molecular formula is C42H24N4O2. The molecular weight excluding hydrogens is 592 g/mol. The van der Waals surface area contributed by atoms with Crippen LogP contribution in [0.3, 0.4) is 0 Å². The van der Waals surface area contributed by atoms with Gasteiger partial charge >= 0.3 is 0 Å². The molecule has 0 unspecified atom stereocenters. The number of nitrogens with zero attached hydrogens (tertiary/aromatic N) is 4. The third kappa shape index (κ3) is 4.13. The number of para-hydroxylation sites is 1. The molecule has 0 bridgehead atoms. The highest BCUT2D eigenvalue weighted by Gasteiger charge is 2.25. The normalized spacial score (nSPS) is 11.8. The quantitative estimate of drug-likeness (QED) is 0.183. The van der Waals surface area contributed by atoms with Gasteiger partial charge in [0, 0.05) is 33.5 Å². The van der Waals surface area contributed by atoms with Crippen LogP contribution in [0.4, 0.5) is 0 Å². The van der Waals surface area contributed by atoms with Crippen molar-refractivity contribution in [2.75, 3.05) is 0 Å². The van der Waals surface area contributed by atoms with Gasteiger partial charge in [-0.3, -0.25) is 0 Å². The number of aromatic nitrogens is 4. The SMILES string of the molecule is c1ccc(-c2nc(-c3cc4ccccc4c4ccccc34)nc(-c3c4nc(-c5ccccc5)oc4cc4oc5ccccc5c34)n2)cc1. The molecule has 0 atom stereocenters. The van der Waals surface area contributed by atoms with E-state index in [-0.39, 0.29) is 0 Å². The molecule has 7 aromatic carbocycles.